The maximum atomic E-state index is 11.3. The molecule has 1 heterocycles. The van der Waals surface area contributed by atoms with E-state index in [-0.39, 0.29) is 23.3 Å². The summed E-state index contributed by atoms with van der Waals surface area (Å²) in [4.78, 5) is 15.2. The van der Waals surface area contributed by atoms with Crippen molar-refractivity contribution < 1.29 is 9.66 Å². The van der Waals surface area contributed by atoms with Crippen molar-refractivity contribution in [2.75, 3.05) is 0 Å². The molecule has 108 valence electrons. The molecule has 2 aliphatic rings. The summed E-state index contributed by atoms with van der Waals surface area (Å²) in [5.41, 5.74) is 6.67. The standard InChI is InChI=1S/C15H15N3O3/c16-13-11-8-4-5-9-12(11)17-15(14(13)18(19)20)21-10-6-2-1-3-7-10/h1-3,6-8,12H,4-5,9,16H2. The van der Waals surface area contributed by atoms with Gasteiger partial charge in [-0.1, -0.05) is 24.3 Å². The Morgan fingerprint density at radius 3 is 2.81 bits per heavy atom. The van der Waals surface area contributed by atoms with Crippen LogP contribution in [0.4, 0.5) is 0 Å². The van der Waals surface area contributed by atoms with E-state index in [1.165, 1.54) is 0 Å². The fourth-order valence-electron chi connectivity index (χ4n) is 2.59. The van der Waals surface area contributed by atoms with E-state index in [1.807, 2.05) is 12.1 Å². The summed E-state index contributed by atoms with van der Waals surface area (Å²) in [5, 5.41) is 11.3. The van der Waals surface area contributed by atoms with Crippen LogP contribution in [-0.4, -0.2) is 16.9 Å². The fourth-order valence-corrected chi connectivity index (χ4v) is 2.59. The third kappa shape index (κ3) is 2.52. The molecule has 6 heteroatoms. The van der Waals surface area contributed by atoms with Gasteiger partial charge in [0.25, 0.3) is 5.90 Å². The molecule has 1 aromatic rings. The van der Waals surface area contributed by atoms with Crippen molar-refractivity contribution in [2.45, 2.75) is 25.3 Å². The summed E-state index contributed by atoms with van der Waals surface area (Å²) < 4.78 is 5.59. The molecular weight excluding hydrogens is 270 g/mol. The molecule has 0 radical (unpaired) electrons. The van der Waals surface area contributed by atoms with Gasteiger partial charge in [0.1, 0.15) is 11.4 Å². The van der Waals surface area contributed by atoms with E-state index in [2.05, 4.69) is 4.99 Å². The number of benzene rings is 1. The zero-order valence-corrected chi connectivity index (χ0v) is 11.4. The molecule has 1 aromatic carbocycles. The Bertz CT molecular complexity index is 662. The van der Waals surface area contributed by atoms with Crippen LogP contribution in [0.3, 0.4) is 0 Å². The summed E-state index contributed by atoms with van der Waals surface area (Å²) in [6, 6.07) is 8.75. The topological polar surface area (TPSA) is 90.8 Å². The number of dihydropyridines is 1. The number of nitrogens with two attached hydrogens (primary N) is 1. The summed E-state index contributed by atoms with van der Waals surface area (Å²) in [6.45, 7) is 0. The summed E-state index contributed by atoms with van der Waals surface area (Å²) >= 11 is 0. The Hall–Kier alpha value is -2.63. The molecule has 21 heavy (non-hydrogen) atoms. The van der Waals surface area contributed by atoms with Crippen molar-refractivity contribution in [3.8, 4) is 5.75 Å². The highest BCUT2D eigenvalue weighted by molar-refractivity contribution is 5.95. The third-order valence-corrected chi connectivity index (χ3v) is 3.59. The highest BCUT2D eigenvalue weighted by atomic mass is 16.6. The smallest absolute Gasteiger partial charge is 0.353 e. The Labute approximate surface area is 121 Å². The first-order chi connectivity index (χ1) is 10.2. The second-order valence-electron chi connectivity index (χ2n) is 4.97. The Morgan fingerprint density at radius 1 is 1.33 bits per heavy atom. The highest BCUT2D eigenvalue weighted by Gasteiger charge is 2.36. The van der Waals surface area contributed by atoms with Gasteiger partial charge in [-0.2, -0.15) is 0 Å². The molecule has 0 bridgehead atoms. The van der Waals surface area contributed by atoms with Gasteiger partial charge in [0.2, 0.25) is 0 Å². The highest BCUT2D eigenvalue weighted by Crippen LogP contribution is 2.31. The molecule has 1 aliphatic carbocycles. The number of aliphatic imine (C=N–C) groups is 1. The van der Waals surface area contributed by atoms with E-state index >= 15 is 0 Å². The first kappa shape index (κ1) is 13.4. The van der Waals surface area contributed by atoms with Crippen LogP contribution in [0.15, 0.2) is 58.4 Å². The fraction of sp³-hybridized carbons (Fsp3) is 0.267. The number of allylic oxidation sites excluding steroid dienone is 1. The number of para-hydroxylation sites is 1. The minimum Gasteiger partial charge on any atom is -0.434 e. The summed E-state index contributed by atoms with van der Waals surface area (Å²) in [7, 11) is 0. The van der Waals surface area contributed by atoms with Gasteiger partial charge in [-0.05, 0) is 31.4 Å². The monoisotopic (exact) mass is 285 g/mol. The van der Waals surface area contributed by atoms with Crippen LogP contribution in [0.1, 0.15) is 19.3 Å². The van der Waals surface area contributed by atoms with Crippen molar-refractivity contribution in [3.05, 3.63) is 63.5 Å². The lowest BCUT2D eigenvalue weighted by atomic mass is 9.90. The molecule has 3 rings (SSSR count). The minimum absolute atomic E-state index is 0.00671. The van der Waals surface area contributed by atoms with Crippen molar-refractivity contribution in [1.29, 1.82) is 0 Å². The molecule has 0 aromatic heterocycles. The number of hydrogen-bond donors (Lipinski definition) is 1. The Kier molecular flexibility index (Phi) is 3.43. The van der Waals surface area contributed by atoms with Gasteiger partial charge in [0.15, 0.2) is 0 Å². The molecule has 0 amide bonds. The molecule has 0 spiro atoms. The molecular formula is C15H15N3O3. The number of nitrogens with zero attached hydrogens (tertiary/aromatic N) is 2. The predicted molar refractivity (Wildman–Crippen MR) is 78.4 cm³/mol. The molecule has 0 fully saturated rings. The average Bonchev–Trinajstić information content (AvgIpc) is 2.48. The number of ether oxygens (including phenoxy) is 1. The predicted octanol–water partition coefficient (Wildman–Crippen LogP) is 2.40. The second-order valence-corrected chi connectivity index (χ2v) is 4.97. The maximum absolute atomic E-state index is 11.3. The number of nitro groups is 1. The third-order valence-electron chi connectivity index (χ3n) is 3.59. The van der Waals surface area contributed by atoms with Gasteiger partial charge in [-0.25, -0.2) is 4.99 Å². The maximum Gasteiger partial charge on any atom is 0.353 e. The van der Waals surface area contributed by atoms with Gasteiger partial charge in [-0.3, -0.25) is 10.1 Å². The largest absolute Gasteiger partial charge is 0.434 e. The number of fused-ring (bicyclic) bond motifs is 1. The Balaban J connectivity index is 2.01. The lowest BCUT2D eigenvalue weighted by molar-refractivity contribution is -0.417. The normalized spacial score (nSPS) is 21.2. The molecule has 2 N–H and O–H groups in total. The Morgan fingerprint density at radius 2 is 2.10 bits per heavy atom. The van der Waals surface area contributed by atoms with E-state index < -0.39 is 4.92 Å². The minimum atomic E-state index is -0.525. The number of hydrogen-bond acceptors (Lipinski definition) is 5. The van der Waals surface area contributed by atoms with Crippen molar-refractivity contribution in [2.24, 2.45) is 10.7 Å². The van der Waals surface area contributed by atoms with Crippen molar-refractivity contribution in [1.82, 2.24) is 0 Å². The van der Waals surface area contributed by atoms with E-state index in [0.29, 0.717) is 5.75 Å². The average molecular weight is 285 g/mol. The first-order valence-electron chi connectivity index (χ1n) is 6.82. The van der Waals surface area contributed by atoms with Gasteiger partial charge in [0, 0.05) is 5.57 Å². The van der Waals surface area contributed by atoms with Crippen LogP contribution in [0.5, 0.6) is 5.75 Å². The van der Waals surface area contributed by atoms with Gasteiger partial charge < -0.3 is 10.5 Å². The van der Waals surface area contributed by atoms with Crippen LogP contribution >= 0.6 is 0 Å². The van der Waals surface area contributed by atoms with E-state index in [9.17, 15) is 10.1 Å². The molecule has 1 unspecified atom stereocenters. The van der Waals surface area contributed by atoms with Crippen molar-refractivity contribution >= 4 is 5.90 Å². The SMILES string of the molecule is NC1=C([N+](=O)[O-])C(Oc2ccccc2)=NC2CCCC=C12. The van der Waals surface area contributed by atoms with Crippen LogP contribution in [-0.2, 0) is 0 Å². The summed E-state index contributed by atoms with van der Waals surface area (Å²) in [6.07, 6.45) is 4.65. The van der Waals surface area contributed by atoms with E-state index in [1.54, 1.807) is 24.3 Å². The van der Waals surface area contributed by atoms with Crippen LogP contribution in [0.25, 0.3) is 0 Å². The van der Waals surface area contributed by atoms with E-state index in [0.717, 1.165) is 24.8 Å². The second kappa shape index (κ2) is 5.40. The van der Waals surface area contributed by atoms with Crippen LogP contribution < -0.4 is 10.5 Å². The molecule has 0 saturated carbocycles. The van der Waals surface area contributed by atoms with E-state index in [4.69, 9.17) is 10.5 Å². The number of rotatable bonds is 2. The quantitative estimate of drug-likeness (QED) is 0.667. The van der Waals surface area contributed by atoms with Crippen molar-refractivity contribution in [3.63, 3.8) is 0 Å². The molecule has 6 nitrogen and oxygen atoms in total. The first-order valence-corrected chi connectivity index (χ1v) is 6.82. The van der Waals surface area contributed by atoms with Gasteiger partial charge in [-0.15, -0.1) is 0 Å². The lowest BCUT2D eigenvalue weighted by Gasteiger charge is -2.25. The molecule has 1 atom stereocenters. The van der Waals surface area contributed by atoms with Gasteiger partial charge >= 0.3 is 5.70 Å². The molecule has 1 aliphatic heterocycles. The van der Waals surface area contributed by atoms with Crippen LogP contribution in [0.2, 0.25) is 0 Å². The zero-order valence-electron chi connectivity index (χ0n) is 11.4. The zero-order chi connectivity index (χ0) is 14.8. The molecule has 0 saturated heterocycles. The van der Waals surface area contributed by atoms with Gasteiger partial charge in [0.05, 0.1) is 11.0 Å². The summed E-state index contributed by atoms with van der Waals surface area (Å²) in [5.74, 6) is 0.499. The van der Waals surface area contributed by atoms with Crippen LogP contribution in [0, 0.1) is 10.1 Å². The lowest BCUT2D eigenvalue weighted by Crippen LogP contribution is -2.33.